The standard InChI is InChI=1S/C15H16BF2N3O3/c1-8-6-9(16)7-19-14(8)20-13-10(2-3-11(17)12(13)18)15(23)21-24-5-4-22/h2-3,6-7,22H,4-5,16H2,1H3,(H,19,20)(H,21,23). The zero-order valence-corrected chi connectivity index (χ0v) is 13.2. The number of aliphatic hydroxyl groups is 1. The summed E-state index contributed by atoms with van der Waals surface area (Å²) in [6, 6.07) is 3.79. The number of aliphatic hydroxyl groups excluding tert-OH is 1. The molecule has 126 valence electrons. The maximum Gasteiger partial charge on any atom is 0.277 e. The Morgan fingerprint density at radius 2 is 2.17 bits per heavy atom. The van der Waals surface area contributed by atoms with Crippen molar-refractivity contribution >= 4 is 30.7 Å². The van der Waals surface area contributed by atoms with Crippen molar-refractivity contribution in [3.8, 4) is 0 Å². The molecule has 0 spiro atoms. The van der Waals surface area contributed by atoms with E-state index in [1.54, 1.807) is 13.1 Å². The number of nitrogens with zero attached hydrogens (tertiary/aromatic N) is 1. The predicted octanol–water partition coefficient (Wildman–Crippen LogP) is 0.324. The zero-order valence-electron chi connectivity index (χ0n) is 13.2. The van der Waals surface area contributed by atoms with E-state index in [1.807, 2.05) is 19.4 Å². The first-order chi connectivity index (χ1) is 11.4. The first-order valence-electron chi connectivity index (χ1n) is 7.15. The molecule has 6 nitrogen and oxygen atoms in total. The first-order valence-corrected chi connectivity index (χ1v) is 7.15. The minimum atomic E-state index is -1.20. The molecule has 0 bridgehead atoms. The lowest BCUT2D eigenvalue weighted by molar-refractivity contribution is 0.0168. The number of hydrogen-bond donors (Lipinski definition) is 3. The van der Waals surface area contributed by atoms with Crippen molar-refractivity contribution in [3.63, 3.8) is 0 Å². The van der Waals surface area contributed by atoms with E-state index in [0.29, 0.717) is 11.4 Å². The Bertz CT molecular complexity index is 759. The number of amides is 1. The van der Waals surface area contributed by atoms with E-state index in [4.69, 9.17) is 9.94 Å². The lowest BCUT2D eigenvalue weighted by Gasteiger charge is -2.14. The molecule has 0 fully saturated rings. The van der Waals surface area contributed by atoms with Crippen LogP contribution in [-0.4, -0.2) is 37.1 Å². The van der Waals surface area contributed by atoms with Gasteiger partial charge in [0.15, 0.2) is 11.6 Å². The Morgan fingerprint density at radius 3 is 2.83 bits per heavy atom. The van der Waals surface area contributed by atoms with Gasteiger partial charge < -0.3 is 10.4 Å². The molecule has 0 unspecified atom stereocenters. The predicted molar refractivity (Wildman–Crippen MR) is 87.3 cm³/mol. The third-order valence-corrected chi connectivity index (χ3v) is 3.16. The summed E-state index contributed by atoms with van der Waals surface area (Å²) in [7, 11) is 1.85. The number of rotatable bonds is 6. The second-order valence-electron chi connectivity index (χ2n) is 5.09. The number of carbonyl (C=O) groups excluding carboxylic acids is 1. The van der Waals surface area contributed by atoms with Crippen molar-refractivity contribution in [2.75, 3.05) is 18.5 Å². The Labute approximate surface area is 138 Å². The number of pyridine rings is 1. The second kappa shape index (κ2) is 7.85. The van der Waals surface area contributed by atoms with E-state index in [1.165, 1.54) is 0 Å². The number of benzene rings is 1. The molecule has 1 aromatic carbocycles. The fourth-order valence-corrected chi connectivity index (χ4v) is 2.04. The molecule has 1 amide bonds. The molecule has 24 heavy (non-hydrogen) atoms. The number of anilines is 2. The third kappa shape index (κ3) is 4.06. The van der Waals surface area contributed by atoms with Crippen LogP contribution >= 0.6 is 0 Å². The quantitative estimate of drug-likeness (QED) is 0.402. The van der Waals surface area contributed by atoms with Crippen molar-refractivity contribution in [2.45, 2.75) is 6.92 Å². The average Bonchev–Trinajstić information content (AvgIpc) is 2.54. The molecule has 0 aliphatic carbocycles. The van der Waals surface area contributed by atoms with Gasteiger partial charge in [0.25, 0.3) is 5.91 Å². The number of aromatic nitrogens is 1. The molecule has 0 aliphatic heterocycles. The maximum absolute atomic E-state index is 14.2. The normalized spacial score (nSPS) is 10.5. The molecule has 2 rings (SSSR count). The van der Waals surface area contributed by atoms with Crippen LogP contribution in [-0.2, 0) is 4.84 Å². The van der Waals surface area contributed by atoms with E-state index >= 15 is 0 Å². The van der Waals surface area contributed by atoms with Gasteiger partial charge in [0, 0.05) is 6.20 Å². The highest BCUT2D eigenvalue weighted by Crippen LogP contribution is 2.26. The van der Waals surface area contributed by atoms with Crippen molar-refractivity contribution in [3.05, 3.63) is 47.2 Å². The van der Waals surface area contributed by atoms with Gasteiger partial charge in [-0.25, -0.2) is 19.2 Å². The highest BCUT2D eigenvalue weighted by Gasteiger charge is 2.20. The number of nitrogens with one attached hydrogen (secondary N) is 2. The monoisotopic (exact) mass is 335 g/mol. The van der Waals surface area contributed by atoms with Crippen LogP contribution in [0.4, 0.5) is 20.3 Å². The van der Waals surface area contributed by atoms with Crippen molar-refractivity contribution in [1.82, 2.24) is 10.5 Å². The van der Waals surface area contributed by atoms with Gasteiger partial charge in [0.1, 0.15) is 13.7 Å². The summed E-state index contributed by atoms with van der Waals surface area (Å²) in [6.45, 7) is 1.33. The average molecular weight is 335 g/mol. The van der Waals surface area contributed by atoms with Gasteiger partial charge >= 0.3 is 0 Å². The number of aryl methyl sites for hydroxylation is 1. The minimum absolute atomic E-state index is 0.128. The first kappa shape index (κ1) is 17.8. The molecule has 3 N–H and O–H groups in total. The summed E-state index contributed by atoms with van der Waals surface area (Å²) in [6.07, 6.45) is 1.57. The summed E-state index contributed by atoms with van der Waals surface area (Å²) < 4.78 is 27.7. The SMILES string of the molecule is Bc1cnc(Nc2c(C(=O)NOCCO)ccc(F)c2F)c(C)c1. The molecule has 0 atom stereocenters. The largest absolute Gasteiger partial charge is 0.394 e. The zero-order chi connectivity index (χ0) is 17.7. The maximum atomic E-state index is 14.2. The fraction of sp³-hybridized carbons (Fsp3) is 0.200. The van der Waals surface area contributed by atoms with E-state index in [-0.39, 0.29) is 24.5 Å². The molecule has 0 aliphatic rings. The van der Waals surface area contributed by atoms with Crippen LogP contribution in [0.15, 0.2) is 24.4 Å². The number of halogens is 2. The topological polar surface area (TPSA) is 83.5 Å². The fourth-order valence-electron chi connectivity index (χ4n) is 2.04. The van der Waals surface area contributed by atoms with Crippen molar-refractivity contribution < 1.29 is 23.5 Å². The van der Waals surface area contributed by atoms with Crippen LogP contribution in [0.5, 0.6) is 0 Å². The van der Waals surface area contributed by atoms with E-state index in [9.17, 15) is 13.6 Å². The second-order valence-corrected chi connectivity index (χ2v) is 5.09. The molecule has 0 radical (unpaired) electrons. The lowest BCUT2D eigenvalue weighted by atomic mass is 9.97. The molecule has 1 heterocycles. The van der Waals surface area contributed by atoms with E-state index in [0.717, 1.165) is 17.6 Å². The molecule has 2 aromatic rings. The Hall–Kier alpha value is -2.52. The molecule has 9 heteroatoms. The summed E-state index contributed by atoms with van der Waals surface area (Å²) in [5.41, 5.74) is 3.16. The van der Waals surface area contributed by atoms with E-state index < -0.39 is 17.5 Å². The Morgan fingerprint density at radius 1 is 1.42 bits per heavy atom. The molecule has 1 aromatic heterocycles. The smallest absolute Gasteiger partial charge is 0.277 e. The van der Waals surface area contributed by atoms with Gasteiger partial charge in [-0.2, -0.15) is 0 Å². The Kier molecular flexibility index (Phi) is 5.83. The lowest BCUT2D eigenvalue weighted by Crippen LogP contribution is -2.26. The highest BCUT2D eigenvalue weighted by molar-refractivity contribution is 6.32. The molecule has 0 saturated heterocycles. The number of carbonyl (C=O) groups is 1. The number of hydroxylamine groups is 1. The third-order valence-electron chi connectivity index (χ3n) is 3.16. The molecular formula is C15H16BF2N3O3. The summed E-state index contributed by atoms with van der Waals surface area (Å²) >= 11 is 0. The van der Waals surface area contributed by atoms with Crippen LogP contribution in [0.25, 0.3) is 0 Å². The van der Waals surface area contributed by atoms with Crippen LogP contribution in [0, 0.1) is 18.6 Å². The molecule has 0 saturated carbocycles. The van der Waals surface area contributed by atoms with Crippen LogP contribution in [0.1, 0.15) is 15.9 Å². The van der Waals surface area contributed by atoms with Gasteiger partial charge in [0.2, 0.25) is 0 Å². The summed E-state index contributed by atoms with van der Waals surface area (Å²) in [4.78, 5) is 20.9. The number of hydrogen-bond acceptors (Lipinski definition) is 5. The summed E-state index contributed by atoms with van der Waals surface area (Å²) in [5.74, 6) is -2.79. The van der Waals surface area contributed by atoms with Gasteiger partial charge in [-0.05, 0) is 24.6 Å². The van der Waals surface area contributed by atoms with Gasteiger partial charge in [-0.3, -0.25) is 9.63 Å². The van der Waals surface area contributed by atoms with Crippen molar-refractivity contribution in [1.29, 1.82) is 0 Å². The van der Waals surface area contributed by atoms with Gasteiger partial charge in [0.05, 0.1) is 24.5 Å². The molecular weight excluding hydrogens is 319 g/mol. The Balaban J connectivity index is 2.36. The van der Waals surface area contributed by atoms with Gasteiger partial charge in [-0.1, -0.05) is 11.5 Å². The minimum Gasteiger partial charge on any atom is -0.394 e. The van der Waals surface area contributed by atoms with E-state index in [2.05, 4.69) is 10.3 Å². The summed E-state index contributed by atoms with van der Waals surface area (Å²) in [5, 5.41) is 11.3. The van der Waals surface area contributed by atoms with Crippen LogP contribution in [0.3, 0.4) is 0 Å². The highest BCUT2D eigenvalue weighted by atomic mass is 19.2. The van der Waals surface area contributed by atoms with Crippen LogP contribution < -0.4 is 16.3 Å². The van der Waals surface area contributed by atoms with Gasteiger partial charge in [-0.15, -0.1) is 0 Å². The van der Waals surface area contributed by atoms with Crippen molar-refractivity contribution in [2.24, 2.45) is 0 Å². The van der Waals surface area contributed by atoms with Crippen LogP contribution in [0.2, 0.25) is 0 Å².